The first-order chi connectivity index (χ1) is 17.0. The SMILES string of the molecule is CC(C)CN1C(=O)c2ccccc2C(C(=O)NCCCN(C)Cc2ccccc2)C1c1cccs1. The first kappa shape index (κ1) is 25.1. The zero-order chi connectivity index (χ0) is 24.8. The fourth-order valence-corrected chi connectivity index (χ4v) is 5.76. The molecule has 0 fully saturated rings. The lowest BCUT2D eigenvalue weighted by molar-refractivity contribution is -0.124. The maximum Gasteiger partial charge on any atom is 0.254 e. The molecular formula is C29H35N3O2S. The van der Waals surface area contributed by atoms with Crippen LogP contribution in [0.1, 0.15) is 58.6 Å². The molecule has 1 aliphatic rings. The van der Waals surface area contributed by atoms with E-state index in [4.69, 9.17) is 0 Å². The number of hydrogen-bond donors (Lipinski definition) is 1. The molecule has 2 unspecified atom stereocenters. The van der Waals surface area contributed by atoms with Crippen LogP contribution in [0.25, 0.3) is 0 Å². The lowest BCUT2D eigenvalue weighted by Crippen LogP contribution is -2.48. The van der Waals surface area contributed by atoms with Gasteiger partial charge in [-0.05, 0) is 54.6 Å². The van der Waals surface area contributed by atoms with Crippen molar-refractivity contribution in [2.24, 2.45) is 5.92 Å². The Hall–Kier alpha value is -2.96. The molecule has 1 aromatic heterocycles. The Morgan fingerprint density at radius 3 is 2.51 bits per heavy atom. The Kier molecular flexibility index (Phi) is 8.37. The van der Waals surface area contributed by atoms with Crippen molar-refractivity contribution in [1.29, 1.82) is 0 Å². The summed E-state index contributed by atoms with van der Waals surface area (Å²) in [7, 11) is 2.11. The summed E-state index contributed by atoms with van der Waals surface area (Å²) in [5.74, 6) is -0.124. The van der Waals surface area contributed by atoms with Crippen molar-refractivity contribution in [2.75, 3.05) is 26.7 Å². The topological polar surface area (TPSA) is 52.7 Å². The predicted molar refractivity (Wildman–Crippen MR) is 143 cm³/mol. The van der Waals surface area contributed by atoms with Crippen LogP contribution < -0.4 is 5.32 Å². The Balaban J connectivity index is 1.48. The van der Waals surface area contributed by atoms with Crippen molar-refractivity contribution in [1.82, 2.24) is 15.1 Å². The second-order valence-corrected chi connectivity index (χ2v) is 10.7. The summed E-state index contributed by atoms with van der Waals surface area (Å²) >= 11 is 1.61. The molecule has 0 saturated carbocycles. The van der Waals surface area contributed by atoms with Gasteiger partial charge in [-0.15, -0.1) is 11.3 Å². The van der Waals surface area contributed by atoms with Crippen LogP contribution in [-0.2, 0) is 11.3 Å². The molecule has 0 radical (unpaired) electrons. The molecule has 4 rings (SSSR count). The van der Waals surface area contributed by atoms with Gasteiger partial charge in [0.15, 0.2) is 0 Å². The van der Waals surface area contributed by atoms with Gasteiger partial charge in [0.2, 0.25) is 5.91 Å². The van der Waals surface area contributed by atoms with Gasteiger partial charge in [0.1, 0.15) is 0 Å². The van der Waals surface area contributed by atoms with Crippen LogP contribution in [0.4, 0.5) is 0 Å². The van der Waals surface area contributed by atoms with Gasteiger partial charge in [0.25, 0.3) is 5.91 Å². The average molecular weight is 490 g/mol. The van der Waals surface area contributed by atoms with Gasteiger partial charge in [0, 0.05) is 30.1 Å². The summed E-state index contributed by atoms with van der Waals surface area (Å²) in [6.07, 6.45) is 0.863. The van der Waals surface area contributed by atoms with E-state index in [0.29, 0.717) is 24.6 Å². The molecule has 0 spiro atoms. The van der Waals surface area contributed by atoms with Gasteiger partial charge in [-0.25, -0.2) is 0 Å². The Morgan fingerprint density at radius 1 is 1.06 bits per heavy atom. The van der Waals surface area contributed by atoms with Crippen LogP contribution in [0.15, 0.2) is 72.1 Å². The van der Waals surface area contributed by atoms with Crippen molar-refractivity contribution in [2.45, 2.75) is 38.8 Å². The zero-order valence-electron chi connectivity index (χ0n) is 20.8. The fourth-order valence-electron chi connectivity index (χ4n) is 4.89. The second-order valence-electron chi connectivity index (χ2n) is 9.74. The van der Waals surface area contributed by atoms with Gasteiger partial charge in [-0.3, -0.25) is 9.59 Å². The number of amides is 2. The molecule has 5 nitrogen and oxygen atoms in total. The summed E-state index contributed by atoms with van der Waals surface area (Å²) in [5, 5.41) is 5.21. The molecule has 2 atom stereocenters. The molecule has 0 aliphatic carbocycles. The summed E-state index contributed by atoms with van der Waals surface area (Å²) in [6.45, 7) is 7.22. The Labute approximate surface area is 212 Å². The van der Waals surface area contributed by atoms with Crippen LogP contribution in [0, 0.1) is 5.92 Å². The van der Waals surface area contributed by atoms with E-state index >= 15 is 0 Å². The molecule has 2 amide bonds. The number of nitrogens with one attached hydrogen (secondary N) is 1. The summed E-state index contributed by atoms with van der Waals surface area (Å²) < 4.78 is 0. The van der Waals surface area contributed by atoms with Crippen molar-refractivity contribution >= 4 is 23.2 Å². The summed E-state index contributed by atoms with van der Waals surface area (Å²) in [4.78, 5) is 32.4. The standard InChI is InChI=1S/C29H35N3O2S/c1-21(2)19-32-27(25-15-9-18-35-25)26(23-13-7-8-14-24(23)29(32)34)28(33)30-16-10-17-31(3)20-22-11-5-4-6-12-22/h4-9,11-15,18,21,26-27H,10,16-17,19-20H2,1-3H3,(H,30,33). The average Bonchev–Trinajstić information content (AvgIpc) is 3.38. The molecule has 184 valence electrons. The van der Waals surface area contributed by atoms with Gasteiger partial charge >= 0.3 is 0 Å². The third-order valence-electron chi connectivity index (χ3n) is 6.43. The Bertz CT molecular complexity index is 1110. The van der Waals surface area contributed by atoms with E-state index in [2.05, 4.69) is 55.4 Å². The second kappa shape index (κ2) is 11.6. The van der Waals surface area contributed by atoms with Crippen molar-refractivity contribution in [3.8, 4) is 0 Å². The number of carbonyl (C=O) groups excluding carboxylic acids is 2. The number of fused-ring (bicyclic) bond motifs is 1. The zero-order valence-corrected chi connectivity index (χ0v) is 21.6. The highest BCUT2D eigenvalue weighted by Crippen LogP contribution is 2.44. The lowest BCUT2D eigenvalue weighted by Gasteiger charge is -2.42. The predicted octanol–water partition coefficient (Wildman–Crippen LogP) is 5.32. The molecule has 2 aromatic carbocycles. The number of nitrogens with zero attached hydrogens (tertiary/aromatic N) is 2. The van der Waals surface area contributed by atoms with Crippen LogP contribution in [0.3, 0.4) is 0 Å². The van der Waals surface area contributed by atoms with Crippen molar-refractivity contribution < 1.29 is 9.59 Å². The highest BCUT2D eigenvalue weighted by atomic mass is 32.1. The molecule has 0 saturated heterocycles. The number of thiophene rings is 1. The maximum atomic E-state index is 13.7. The largest absolute Gasteiger partial charge is 0.355 e. The van der Waals surface area contributed by atoms with Gasteiger partial charge in [-0.2, -0.15) is 0 Å². The minimum atomic E-state index is -0.427. The molecular weight excluding hydrogens is 454 g/mol. The molecule has 6 heteroatoms. The van der Waals surface area contributed by atoms with E-state index in [-0.39, 0.29) is 17.9 Å². The summed E-state index contributed by atoms with van der Waals surface area (Å²) in [5.41, 5.74) is 2.75. The van der Waals surface area contributed by atoms with E-state index < -0.39 is 5.92 Å². The third-order valence-corrected chi connectivity index (χ3v) is 7.37. The molecule has 35 heavy (non-hydrogen) atoms. The van der Waals surface area contributed by atoms with E-state index in [1.54, 1.807) is 11.3 Å². The van der Waals surface area contributed by atoms with E-state index in [1.165, 1.54) is 5.56 Å². The van der Waals surface area contributed by atoms with E-state index in [0.717, 1.165) is 30.0 Å². The maximum absolute atomic E-state index is 13.7. The van der Waals surface area contributed by atoms with Gasteiger partial charge in [0.05, 0.1) is 12.0 Å². The van der Waals surface area contributed by atoms with Crippen molar-refractivity contribution in [3.63, 3.8) is 0 Å². The quantitative estimate of drug-likeness (QED) is 0.392. The molecule has 2 heterocycles. The van der Waals surface area contributed by atoms with E-state index in [9.17, 15) is 9.59 Å². The number of hydrogen-bond acceptors (Lipinski definition) is 4. The van der Waals surface area contributed by atoms with E-state index in [1.807, 2.05) is 52.7 Å². The van der Waals surface area contributed by atoms with Gasteiger partial charge in [-0.1, -0.05) is 68.4 Å². The smallest absolute Gasteiger partial charge is 0.254 e. The first-order valence-electron chi connectivity index (χ1n) is 12.4. The Morgan fingerprint density at radius 2 is 1.80 bits per heavy atom. The van der Waals surface area contributed by atoms with Crippen molar-refractivity contribution in [3.05, 3.63) is 93.7 Å². The number of benzene rings is 2. The normalized spacial score (nSPS) is 17.6. The molecule has 1 aliphatic heterocycles. The molecule has 1 N–H and O–H groups in total. The minimum absolute atomic E-state index is 0.0113. The highest BCUT2D eigenvalue weighted by Gasteiger charge is 2.44. The third kappa shape index (κ3) is 6.00. The van der Waals surface area contributed by atoms with Gasteiger partial charge < -0.3 is 15.1 Å². The lowest BCUT2D eigenvalue weighted by atomic mass is 9.81. The minimum Gasteiger partial charge on any atom is -0.355 e. The monoisotopic (exact) mass is 489 g/mol. The first-order valence-corrected chi connectivity index (χ1v) is 13.3. The van der Waals surface area contributed by atoms with Crippen LogP contribution in [0.2, 0.25) is 0 Å². The summed E-state index contributed by atoms with van der Waals surface area (Å²) in [6, 6.07) is 21.8. The molecule has 0 bridgehead atoms. The fraction of sp³-hybridized carbons (Fsp3) is 0.379. The van der Waals surface area contributed by atoms with Crippen LogP contribution in [0.5, 0.6) is 0 Å². The van der Waals surface area contributed by atoms with Crippen LogP contribution >= 0.6 is 11.3 Å². The highest BCUT2D eigenvalue weighted by molar-refractivity contribution is 7.10. The van der Waals surface area contributed by atoms with Crippen LogP contribution in [-0.4, -0.2) is 48.3 Å². The number of carbonyl (C=O) groups is 2. The molecule has 3 aromatic rings. The number of rotatable bonds is 10.